The van der Waals surface area contributed by atoms with Crippen molar-refractivity contribution >= 4 is 17.5 Å². The predicted molar refractivity (Wildman–Crippen MR) is 94.8 cm³/mol. The zero-order valence-corrected chi connectivity index (χ0v) is 14.3. The number of aromatic nitrogens is 3. The summed E-state index contributed by atoms with van der Waals surface area (Å²) in [4.78, 5) is 16.4. The molecule has 1 heterocycles. The second kappa shape index (κ2) is 7.46. The van der Waals surface area contributed by atoms with Crippen LogP contribution in [-0.2, 0) is 0 Å². The lowest BCUT2D eigenvalue weighted by atomic mass is 10.1. The molecule has 1 amide bonds. The van der Waals surface area contributed by atoms with Gasteiger partial charge in [-0.05, 0) is 24.6 Å². The molecule has 0 bridgehead atoms. The lowest BCUT2D eigenvalue weighted by Gasteiger charge is -2.11. The standard InChI is InChI=1S/C18H17ClN4O2/c1-12-21-17(22-23(12)15-10-6-5-9-14(15)19)18(25)20-11-16(24)13-7-3-2-4-8-13/h2-10,16,24H,11H2,1H3,(H,20,25)/t16-/m0/s1. The largest absolute Gasteiger partial charge is 0.387 e. The Morgan fingerprint density at radius 1 is 1.20 bits per heavy atom. The van der Waals surface area contributed by atoms with Crippen LogP contribution < -0.4 is 5.32 Å². The fraction of sp³-hybridized carbons (Fsp3) is 0.167. The SMILES string of the molecule is Cc1nc(C(=O)NC[C@H](O)c2ccccc2)nn1-c1ccccc1Cl. The molecule has 1 aromatic heterocycles. The number of para-hydroxylation sites is 1. The molecule has 6 nitrogen and oxygen atoms in total. The van der Waals surface area contributed by atoms with E-state index in [2.05, 4.69) is 15.4 Å². The quantitative estimate of drug-likeness (QED) is 0.736. The third-order valence-corrected chi connectivity index (χ3v) is 4.01. The highest BCUT2D eigenvalue weighted by atomic mass is 35.5. The number of benzene rings is 2. The minimum atomic E-state index is -0.795. The number of nitrogens with zero attached hydrogens (tertiary/aromatic N) is 3. The van der Waals surface area contributed by atoms with Gasteiger partial charge in [0, 0.05) is 6.54 Å². The van der Waals surface area contributed by atoms with Crippen molar-refractivity contribution in [3.8, 4) is 5.69 Å². The van der Waals surface area contributed by atoms with E-state index in [1.807, 2.05) is 30.3 Å². The van der Waals surface area contributed by atoms with Gasteiger partial charge in [-0.2, -0.15) is 0 Å². The molecule has 3 rings (SSSR count). The predicted octanol–water partition coefficient (Wildman–Crippen LogP) is 2.69. The fourth-order valence-electron chi connectivity index (χ4n) is 2.40. The minimum absolute atomic E-state index is 0.0256. The first-order valence-electron chi connectivity index (χ1n) is 7.76. The van der Waals surface area contributed by atoms with E-state index in [0.29, 0.717) is 16.5 Å². The Hall–Kier alpha value is -2.70. The molecular formula is C18H17ClN4O2. The van der Waals surface area contributed by atoms with Gasteiger partial charge in [-0.1, -0.05) is 54.1 Å². The van der Waals surface area contributed by atoms with Crippen molar-refractivity contribution in [1.82, 2.24) is 20.1 Å². The highest BCUT2D eigenvalue weighted by Gasteiger charge is 2.17. The molecule has 0 fully saturated rings. The smallest absolute Gasteiger partial charge is 0.291 e. The lowest BCUT2D eigenvalue weighted by molar-refractivity contribution is 0.0906. The van der Waals surface area contributed by atoms with E-state index in [-0.39, 0.29) is 12.4 Å². The van der Waals surface area contributed by atoms with Crippen LogP contribution in [0.15, 0.2) is 54.6 Å². The summed E-state index contributed by atoms with van der Waals surface area (Å²) in [5, 5.41) is 17.5. The summed E-state index contributed by atoms with van der Waals surface area (Å²) in [5.41, 5.74) is 1.38. The van der Waals surface area contributed by atoms with Gasteiger partial charge in [0.1, 0.15) is 5.82 Å². The third-order valence-electron chi connectivity index (χ3n) is 3.69. The number of aryl methyl sites for hydroxylation is 1. The van der Waals surface area contributed by atoms with Crippen molar-refractivity contribution in [2.24, 2.45) is 0 Å². The molecule has 0 saturated heterocycles. The molecule has 128 valence electrons. The molecule has 2 aromatic carbocycles. The highest BCUT2D eigenvalue weighted by Crippen LogP contribution is 2.20. The molecule has 1 atom stereocenters. The minimum Gasteiger partial charge on any atom is -0.387 e. The molecule has 0 radical (unpaired) electrons. The Kier molecular flexibility index (Phi) is 5.11. The van der Waals surface area contributed by atoms with E-state index < -0.39 is 12.0 Å². The summed E-state index contributed by atoms with van der Waals surface area (Å²) in [6.07, 6.45) is -0.795. The first-order chi connectivity index (χ1) is 12.1. The Bertz CT molecular complexity index is 880. The van der Waals surface area contributed by atoms with Gasteiger partial charge in [-0.25, -0.2) is 9.67 Å². The molecule has 0 unspecified atom stereocenters. The summed E-state index contributed by atoms with van der Waals surface area (Å²) < 4.78 is 1.52. The molecule has 7 heteroatoms. The zero-order valence-electron chi connectivity index (χ0n) is 13.6. The first-order valence-corrected chi connectivity index (χ1v) is 8.14. The number of rotatable bonds is 5. The second-order valence-corrected chi connectivity index (χ2v) is 5.89. The van der Waals surface area contributed by atoms with Gasteiger partial charge >= 0.3 is 0 Å². The Balaban J connectivity index is 1.71. The lowest BCUT2D eigenvalue weighted by Crippen LogP contribution is -2.29. The highest BCUT2D eigenvalue weighted by molar-refractivity contribution is 6.32. The van der Waals surface area contributed by atoms with Crippen LogP contribution in [0.2, 0.25) is 5.02 Å². The van der Waals surface area contributed by atoms with Crippen LogP contribution in [0.3, 0.4) is 0 Å². The van der Waals surface area contributed by atoms with Crippen molar-refractivity contribution in [1.29, 1.82) is 0 Å². The second-order valence-electron chi connectivity index (χ2n) is 5.48. The number of hydrogen-bond donors (Lipinski definition) is 2. The van der Waals surface area contributed by atoms with Crippen molar-refractivity contribution < 1.29 is 9.90 Å². The van der Waals surface area contributed by atoms with Gasteiger partial charge in [-0.3, -0.25) is 4.79 Å². The van der Waals surface area contributed by atoms with Crippen molar-refractivity contribution in [3.05, 3.63) is 76.8 Å². The first kappa shape index (κ1) is 17.1. The number of nitrogens with one attached hydrogen (secondary N) is 1. The third kappa shape index (κ3) is 3.87. The van der Waals surface area contributed by atoms with Gasteiger partial charge in [0.15, 0.2) is 0 Å². The number of aliphatic hydroxyl groups is 1. The van der Waals surface area contributed by atoms with Gasteiger partial charge < -0.3 is 10.4 Å². The van der Waals surface area contributed by atoms with Crippen LogP contribution in [-0.4, -0.2) is 32.3 Å². The molecule has 0 aliphatic rings. The van der Waals surface area contributed by atoms with Gasteiger partial charge in [-0.15, -0.1) is 5.10 Å². The summed E-state index contributed by atoms with van der Waals surface area (Å²) in [7, 11) is 0. The average molecular weight is 357 g/mol. The van der Waals surface area contributed by atoms with E-state index in [0.717, 1.165) is 5.56 Å². The monoisotopic (exact) mass is 356 g/mol. The number of hydrogen-bond acceptors (Lipinski definition) is 4. The molecule has 0 spiro atoms. The summed E-state index contributed by atoms with van der Waals surface area (Å²) >= 11 is 6.17. The molecule has 25 heavy (non-hydrogen) atoms. The van der Waals surface area contributed by atoms with Crippen LogP contribution in [0.4, 0.5) is 0 Å². The maximum atomic E-state index is 12.3. The van der Waals surface area contributed by atoms with Crippen LogP contribution >= 0.6 is 11.6 Å². The van der Waals surface area contributed by atoms with E-state index >= 15 is 0 Å². The maximum Gasteiger partial charge on any atom is 0.291 e. The normalized spacial score (nSPS) is 12.0. The maximum absolute atomic E-state index is 12.3. The zero-order chi connectivity index (χ0) is 17.8. The molecule has 0 saturated carbocycles. The van der Waals surface area contributed by atoms with Crippen molar-refractivity contribution in [2.45, 2.75) is 13.0 Å². The number of aliphatic hydroxyl groups excluding tert-OH is 1. The number of halogens is 1. The van der Waals surface area contributed by atoms with Crippen molar-refractivity contribution in [2.75, 3.05) is 6.54 Å². The molecule has 3 aromatic rings. The molecule has 2 N–H and O–H groups in total. The van der Waals surface area contributed by atoms with Gasteiger partial charge in [0.2, 0.25) is 5.82 Å². The molecule has 0 aliphatic carbocycles. The van der Waals surface area contributed by atoms with E-state index in [4.69, 9.17) is 11.6 Å². The van der Waals surface area contributed by atoms with E-state index in [1.54, 1.807) is 31.2 Å². The topological polar surface area (TPSA) is 80.0 Å². The average Bonchev–Trinajstić information content (AvgIpc) is 3.02. The summed E-state index contributed by atoms with van der Waals surface area (Å²) in [5.74, 6) is 0.114. The van der Waals surface area contributed by atoms with E-state index in [9.17, 15) is 9.90 Å². The number of amides is 1. The number of carbonyl (C=O) groups is 1. The Morgan fingerprint density at radius 3 is 2.60 bits per heavy atom. The molecular weight excluding hydrogens is 340 g/mol. The van der Waals surface area contributed by atoms with E-state index in [1.165, 1.54) is 4.68 Å². The van der Waals surface area contributed by atoms with Crippen LogP contribution in [0.1, 0.15) is 28.1 Å². The van der Waals surface area contributed by atoms with Gasteiger partial charge in [0.05, 0.1) is 16.8 Å². The van der Waals surface area contributed by atoms with Gasteiger partial charge in [0.25, 0.3) is 5.91 Å². The summed E-state index contributed by atoms with van der Waals surface area (Å²) in [6.45, 7) is 1.81. The van der Waals surface area contributed by atoms with Crippen LogP contribution in [0.25, 0.3) is 5.69 Å². The number of carbonyl (C=O) groups excluding carboxylic acids is 1. The van der Waals surface area contributed by atoms with Crippen LogP contribution in [0.5, 0.6) is 0 Å². The Morgan fingerprint density at radius 2 is 1.88 bits per heavy atom. The van der Waals surface area contributed by atoms with Crippen molar-refractivity contribution in [3.63, 3.8) is 0 Å². The fourth-order valence-corrected chi connectivity index (χ4v) is 2.62. The molecule has 0 aliphatic heterocycles. The van der Waals surface area contributed by atoms with Crippen LogP contribution in [0, 0.1) is 6.92 Å². The Labute approximate surface area is 150 Å². The summed E-state index contributed by atoms with van der Waals surface area (Å²) in [6, 6.07) is 16.3.